The molecular formula is C15H21INO3S+. The Balaban J connectivity index is 2.18. The Morgan fingerprint density at radius 1 is 1.29 bits per heavy atom. The van der Waals surface area contributed by atoms with E-state index in [4.69, 9.17) is 4.55 Å². The van der Waals surface area contributed by atoms with Crippen molar-refractivity contribution in [3.05, 3.63) is 27.3 Å². The van der Waals surface area contributed by atoms with Crippen LogP contribution in [0.1, 0.15) is 39.2 Å². The quantitative estimate of drug-likeness (QED) is 0.343. The number of benzene rings is 1. The number of fused-ring (bicyclic) bond motifs is 1. The van der Waals surface area contributed by atoms with Gasteiger partial charge in [-0.3, -0.25) is 4.55 Å². The fraction of sp³-hybridized carbons (Fsp3) is 0.533. The summed E-state index contributed by atoms with van der Waals surface area (Å²) in [5.41, 5.74) is 3.82. The molecule has 0 fully saturated rings. The van der Waals surface area contributed by atoms with Gasteiger partial charge in [-0.1, -0.05) is 0 Å². The monoisotopic (exact) mass is 422 g/mol. The summed E-state index contributed by atoms with van der Waals surface area (Å²) in [5, 5.41) is 0. The highest BCUT2D eigenvalue weighted by Gasteiger charge is 2.42. The zero-order valence-electron chi connectivity index (χ0n) is 12.6. The van der Waals surface area contributed by atoms with E-state index in [0.29, 0.717) is 6.42 Å². The molecule has 1 N–H and O–H groups in total. The van der Waals surface area contributed by atoms with Crippen LogP contribution in [0, 0.1) is 3.57 Å². The first-order chi connectivity index (χ1) is 9.63. The maximum Gasteiger partial charge on any atom is 0.264 e. The summed E-state index contributed by atoms with van der Waals surface area (Å²) in [7, 11) is -3.85. The van der Waals surface area contributed by atoms with E-state index in [0.717, 1.165) is 13.0 Å². The number of nitrogens with zero attached hydrogens (tertiary/aromatic N) is 1. The summed E-state index contributed by atoms with van der Waals surface area (Å²) in [6.07, 6.45) is 1.21. The molecule has 0 amide bonds. The van der Waals surface area contributed by atoms with Crippen molar-refractivity contribution >= 4 is 44.1 Å². The van der Waals surface area contributed by atoms with Crippen molar-refractivity contribution in [3.63, 3.8) is 0 Å². The largest absolute Gasteiger partial charge is 0.286 e. The molecule has 6 heteroatoms. The van der Waals surface area contributed by atoms with Crippen molar-refractivity contribution in [3.8, 4) is 0 Å². The average molecular weight is 422 g/mol. The highest BCUT2D eigenvalue weighted by Crippen LogP contribution is 2.40. The van der Waals surface area contributed by atoms with E-state index in [9.17, 15) is 8.42 Å². The van der Waals surface area contributed by atoms with E-state index in [1.165, 1.54) is 20.5 Å². The molecule has 0 saturated carbocycles. The highest BCUT2D eigenvalue weighted by molar-refractivity contribution is 14.1. The second-order valence-corrected chi connectivity index (χ2v) is 8.83. The zero-order valence-corrected chi connectivity index (χ0v) is 15.5. The van der Waals surface area contributed by atoms with Crippen LogP contribution in [0.5, 0.6) is 0 Å². The first-order valence-electron chi connectivity index (χ1n) is 7.00. The van der Waals surface area contributed by atoms with E-state index in [1.54, 1.807) is 0 Å². The van der Waals surface area contributed by atoms with Gasteiger partial charge in [0.05, 0.1) is 11.2 Å². The van der Waals surface area contributed by atoms with E-state index >= 15 is 0 Å². The molecule has 116 valence electrons. The maximum atomic E-state index is 10.8. The van der Waals surface area contributed by atoms with Crippen LogP contribution >= 0.6 is 22.6 Å². The minimum atomic E-state index is -3.85. The summed E-state index contributed by atoms with van der Waals surface area (Å²) in [6, 6.07) is 6.45. The third-order valence-corrected chi connectivity index (χ3v) is 5.74. The van der Waals surface area contributed by atoms with Crippen molar-refractivity contribution in [2.24, 2.45) is 0 Å². The van der Waals surface area contributed by atoms with Crippen LogP contribution in [0.15, 0.2) is 18.2 Å². The van der Waals surface area contributed by atoms with E-state index in [1.807, 2.05) is 0 Å². The number of hydrogen-bond acceptors (Lipinski definition) is 2. The Morgan fingerprint density at radius 3 is 2.57 bits per heavy atom. The van der Waals surface area contributed by atoms with Gasteiger partial charge < -0.3 is 0 Å². The molecule has 0 bridgehead atoms. The van der Waals surface area contributed by atoms with Gasteiger partial charge in [0.25, 0.3) is 10.1 Å². The standard InChI is InChI=1S/C15H20INO3S/c1-11-15(2,3)13-10-12(16)6-7-14(13)17(11)8-4-5-9-21(18,19)20/h6-7,10H,4-5,8-9H2,1-3H3/p+1. The molecule has 0 aromatic heterocycles. The van der Waals surface area contributed by atoms with Crippen LogP contribution < -0.4 is 0 Å². The molecule has 0 spiro atoms. The molecule has 1 aromatic rings. The number of rotatable bonds is 5. The molecule has 2 rings (SSSR count). The van der Waals surface area contributed by atoms with Crippen molar-refractivity contribution in [1.29, 1.82) is 0 Å². The molecule has 0 unspecified atom stereocenters. The topological polar surface area (TPSA) is 57.4 Å². The highest BCUT2D eigenvalue weighted by atomic mass is 127. The Morgan fingerprint density at radius 2 is 1.95 bits per heavy atom. The van der Waals surface area contributed by atoms with Gasteiger partial charge in [0.15, 0.2) is 5.71 Å². The van der Waals surface area contributed by atoms with Gasteiger partial charge in [0.1, 0.15) is 6.54 Å². The Kier molecular flexibility index (Phi) is 4.80. The second-order valence-electron chi connectivity index (χ2n) is 6.02. The molecule has 21 heavy (non-hydrogen) atoms. The zero-order chi connectivity index (χ0) is 15.8. The first kappa shape index (κ1) is 16.9. The van der Waals surface area contributed by atoms with Gasteiger partial charge in [0.2, 0.25) is 5.69 Å². The average Bonchev–Trinajstić information content (AvgIpc) is 2.54. The number of unbranched alkanes of at least 4 members (excludes halogenated alkanes) is 1. The lowest BCUT2D eigenvalue weighted by molar-refractivity contribution is -0.439. The second kappa shape index (κ2) is 5.96. The molecule has 1 aliphatic rings. The summed E-state index contributed by atoms with van der Waals surface area (Å²) in [4.78, 5) is 0. The van der Waals surface area contributed by atoms with Crippen molar-refractivity contribution in [1.82, 2.24) is 0 Å². The van der Waals surface area contributed by atoms with Gasteiger partial charge in [-0.05, 0) is 55.0 Å². The lowest BCUT2D eigenvalue weighted by atomic mass is 9.82. The third-order valence-electron chi connectivity index (χ3n) is 4.27. The molecule has 1 heterocycles. The van der Waals surface area contributed by atoms with Crippen molar-refractivity contribution in [2.45, 2.75) is 39.0 Å². The first-order valence-corrected chi connectivity index (χ1v) is 9.68. The molecule has 4 nitrogen and oxygen atoms in total. The lowest BCUT2D eigenvalue weighted by Crippen LogP contribution is -2.26. The van der Waals surface area contributed by atoms with Gasteiger partial charge >= 0.3 is 0 Å². The van der Waals surface area contributed by atoms with Crippen LogP contribution in [-0.2, 0) is 15.5 Å². The summed E-state index contributed by atoms with van der Waals surface area (Å²) in [5.74, 6) is -0.164. The molecular weight excluding hydrogens is 401 g/mol. The molecule has 0 radical (unpaired) electrons. The Labute approximate surface area is 140 Å². The van der Waals surface area contributed by atoms with Crippen LogP contribution in [0.2, 0.25) is 0 Å². The van der Waals surface area contributed by atoms with Gasteiger partial charge in [-0.25, -0.2) is 0 Å². The normalized spacial score (nSPS) is 17.2. The van der Waals surface area contributed by atoms with E-state index in [-0.39, 0.29) is 11.2 Å². The van der Waals surface area contributed by atoms with Crippen LogP contribution in [0.25, 0.3) is 0 Å². The summed E-state index contributed by atoms with van der Waals surface area (Å²) in [6.45, 7) is 7.35. The fourth-order valence-electron chi connectivity index (χ4n) is 2.80. The fourth-order valence-corrected chi connectivity index (χ4v) is 3.86. The Hall–Kier alpha value is -0.470. The Bertz CT molecular complexity index is 693. The number of hydrogen-bond donors (Lipinski definition) is 1. The van der Waals surface area contributed by atoms with Crippen LogP contribution in [0.4, 0.5) is 5.69 Å². The van der Waals surface area contributed by atoms with Gasteiger partial charge in [-0.15, -0.1) is 0 Å². The minimum absolute atomic E-state index is 0.000427. The minimum Gasteiger partial charge on any atom is -0.286 e. The summed E-state index contributed by atoms with van der Waals surface area (Å²) >= 11 is 2.33. The van der Waals surface area contributed by atoms with E-state index in [2.05, 4.69) is 66.1 Å². The van der Waals surface area contributed by atoms with E-state index < -0.39 is 10.1 Å². The van der Waals surface area contributed by atoms with Gasteiger partial charge in [-0.2, -0.15) is 13.0 Å². The third kappa shape index (κ3) is 3.65. The number of halogens is 1. The molecule has 1 aliphatic heterocycles. The van der Waals surface area contributed by atoms with Crippen molar-refractivity contribution < 1.29 is 17.5 Å². The predicted octanol–water partition coefficient (Wildman–Crippen LogP) is 3.36. The predicted molar refractivity (Wildman–Crippen MR) is 93.3 cm³/mol. The molecule has 0 atom stereocenters. The SMILES string of the molecule is CC1=[N+](CCCCS(=O)(=O)O)c2ccc(I)cc2C1(C)C. The molecule has 1 aromatic carbocycles. The van der Waals surface area contributed by atoms with Gasteiger partial charge in [0, 0.05) is 28.5 Å². The molecule has 0 saturated heterocycles. The van der Waals surface area contributed by atoms with Crippen molar-refractivity contribution in [2.75, 3.05) is 12.3 Å². The smallest absolute Gasteiger partial charge is 0.264 e. The van der Waals surface area contributed by atoms with Crippen LogP contribution in [-0.4, -0.2) is 35.6 Å². The maximum absolute atomic E-state index is 10.8. The van der Waals surface area contributed by atoms with Crippen LogP contribution in [0.3, 0.4) is 0 Å². The molecule has 0 aliphatic carbocycles. The summed E-state index contributed by atoms with van der Waals surface area (Å²) < 4.78 is 33.8. The lowest BCUT2D eigenvalue weighted by Gasteiger charge is -2.14.